The van der Waals surface area contributed by atoms with Crippen LogP contribution in [0.25, 0.3) is 0 Å². The van der Waals surface area contributed by atoms with Crippen molar-refractivity contribution >= 4 is 27.5 Å². The lowest BCUT2D eigenvalue weighted by Crippen LogP contribution is -2.38. The zero-order valence-corrected chi connectivity index (χ0v) is 12.5. The van der Waals surface area contributed by atoms with Gasteiger partial charge in [0.2, 0.25) is 10.0 Å². The van der Waals surface area contributed by atoms with Gasteiger partial charge in [0.1, 0.15) is 0 Å². The third-order valence-corrected chi connectivity index (χ3v) is 5.23. The number of benzene rings is 1. The van der Waals surface area contributed by atoms with Crippen LogP contribution in [0.2, 0.25) is 0 Å². The summed E-state index contributed by atoms with van der Waals surface area (Å²) in [6, 6.07) is 6.93. The number of hydrogen-bond acceptors (Lipinski definition) is 5. The van der Waals surface area contributed by atoms with E-state index < -0.39 is 16.1 Å². The van der Waals surface area contributed by atoms with Crippen molar-refractivity contribution in [1.29, 1.82) is 0 Å². The molecule has 0 amide bonds. The Morgan fingerprint density at radius 2 is 2.21 bits per heavy atom. The number of nitrogens with one attached hydrogen (secondary N) is 1. The fraction of sp³-hybridized carbons (Fsp3) is 0.500. The molecule has 0 aliphatic heterocycles. The largest absolute Gasteiger partial charge is 0.399 e. The maximum atomic E-state index is 11.8. The third kappa shape index (κ3) is 6.29. The zero-order chi connectivity index (χ0) is 14.3. The van der Waals surface area contributed by atoms with Crippen LogP contribution in [0.1, 0.15) is 13.3 Å². The Balaban J connectivity index is 2.43. The molecule has 108 valence electrons. The Bertz CT molecular complexity index is 488. The monoisotopic (exact) mass is 304 g/mol. The minimum absolute atomic E-state index is 0.0168. The molecule has 7 heteroatoms. The van der Waals surface area contributed by atoms with E-state index in [4.69, 9.17) is 10.8 Å². The van der Waals surface area contributed by atoms with Gasteiger partial charge in [-0.1, -0.05) is 13.0 Å². The van der Waals surface area contributed by atoms with Crippen LogP contribution in [0.4, 0.5) is 5.69 Å². The SMILES string of the molecule is CC[C@H](CO)NS(=O)(=O)CCSc1cccc(N)c1. The van der Waals surface area contributed by atoms with E-state index in [1.807, 2.05) is 25.1 Å². The zero-order valence-electron chi connectivity index (χ0n) is 10.9. The minimum atomic E-state index is -3.35. The average Bonchev–Trinajstić information content (AvgIpc) is 2.36. The molecule has 0 saturated heterocycles. The van der Waals surface area contributed by atoms with E-state index in [1.165, 1.54) is 11.8 Å². The lowest BCUT2D eigenvalue weighted by Gasteiger charge is -2.14. The molecule has 19 heavy (non-hydrogen) atoms. The average molecular weight is 304 g/mol. The minimum Gasteiger partial charge on any atom is -0.399 e. The van der Waals surface area contributed by atoms with Crippen LogP contribution in [-0.4, -0.2) is 37.7 Å². The van der Waals surface area contributed by atoms with E-state index in [9.17, 15) is 8.42 Å². The second-order valence-corrected chi connectivity index (χ2v) is 7.19. The highest BCUT2D eigenvalue weighted by atomic mass is 32.2. The van der Waals surface area contributed by atoms with E-state index in [2.05, 4.69) is 4.72 Å². The molecule has 0 aliphatic carbocycles. The topological polar surface area (TPSA) is 92.4 Å². The summed E-state index contributed by atoms with van der Waals surface area (Å²) in [5.41, 5.74) is 6.31. The molecule has 0 spiro atoms. The second kappa shape index (κ2) is 7.74. The van der Waals surface area contributed by atoms with Crippen molar-refractivity contribution in [2.75, 3.05) is 23.8 Å². The molecule has 0 saturated carbocycles. The number of thioether (sulfide) groups is 1. The van der Waals surface area contributed by atoms with Crippen LogP contribution < -0.4 is 10.5 Å². The number of aliphatic hydroxyl groups excluding tert-OH is 1. The molecule has 1 aromatic carbocycles. The molecule has 1 aromatic rings. The molecule has 0 bridgehead atoms. The molecule has 5 nitrogen and oxygen atoms in total. The first kappa shape index (κ1) is 16.3. The van der Waals surface area contributed by atoms with Gasteiger partial charge < -0.3 is 10.8 Å². The third-order valence-electron chi connectivity index (χ3n) is 2.54. The normalized spacial score (nSPS) is 13.4. The predicted molar refractivity (Wildman–Crippen MR) is 79.7 cm³/mol. The maximum Gasteiger partial charge on any atom is 0.212 e. The van der Waals surface area contributed by atoms with Crippen LogP contribution in [0, 0.1) is 0 Å². The van der Waals surface area contributed by atoms with Gasteiger partial charge in [0.05, 0.1) is 12.4 Å². The maximum absolute atomic E-state index is 11.8. The van der Waals surface area contributed by atoms with Gasteiger partial charge in [0.25, 0.3) is 0 Å². The second-order valence-electron chi connectivity index (χ2n) is 4.15. The van der Waals surface area contributed by atoms with Crippen molar-refractivity contribution in [1.82, 2.24) is 4.72 Å². The van der Waals surface area contributed by atoms with Crippen LogP contribution in [0.3, 0.4) is 0 Å². The molecule has 1 atom stereocenters. The molecule has 4 N–H and O–H groups in total. The smallest absolute Gasteiger partial charge is 0.212 e. The van der Waals surface area contributed by atoms with E-state index in [0.29, 0.717) is 17.9 Å². The molecule has 1 rings (SSSR count). The van der Waals surface area contributed by atoms with Crippen LogP contribution >= 0.6 is 11.8 Å². The highest BCUT2D eigenvalue weighted by molar-refractivity contribution is 8.00. The molecule has 0 aliphatic rings. The molecule has 0 unspecified atom stereocenters. The van der Waals surface area contributed by atoms with Gasteiger partial charge in [-0.2, -0.15) is 0 Å². The van der Waals surface area contributed by atoms with Gasteiger partial charge >= 0.3 is 0 Å². The van der Waals surface area contributed by atoms with Crippen molar-refractivity contribution in [2.45, 2.75) is 24.3 Å². The quantitative estimate of drug-likeness (QED) is 0.493. The highest BCUT2D eigenvalue weighted by Gasteiger charge is 2.15. The molecule has 0 aromatic heterocycles. The molecule has 0 heterocycles. The summed E-state index contributed by atoms with van der Waals surface area (Å²) >= 11 is 1.44. The summed E-state index contributed by atoms with van der Waals surface area (Å²) in [7, 11) is -3.35. The summed E-state index contributed by atoms with van der Waals surface area (Å²) in [6.45, 7) is 1.64. The molecular formula is C12H20N2O3S2. The van der Waals surface area contributed by atoms with Gasteiger partial charge in [-0.15, -0.1) is 11.8 Å². The van der Waals surface area contributed by atoms with Gasteiger partial charge in [-0.3, -0.25) is 0 Å². The number of anilines is 1. The van der Waals surface area contributed by atoms with Gasteiger partial charge in [0.15, 0.2) is 0 Å². The number of rotatable bonds is 8. The van der Waals surface area contributed by atoms with Crippen molar-refractivity contribution in [3.05, 3.63) is 24.3 Å². The Hall–Kier alpha value is -0.760. The van der Waals surface area contributed by atoms with Crippen molar-refractivity contribution in [2.24, 2.45) is 0 Å². The molecule has 0 radical (unpaired) electrons. The number of nitrogen functional groups attached to an aromatic ring is 1. The predicted octanol–water partition coefficient (Wildman–Crippen LogP) is 1.05. The summed E-state index contributed by atoms with van der Waals surface area (Å²) in [5, 5.41) is 8.98. The number of sulfonamides is 1. The number of nitrogens with two attached hydrogens (primary N) is 1. The van der Waals surface area contributed by atoms with Crippen LogP contribution in [0.5, 0.6) is 0 Å². The van der Waals surface area contributed by atoms with Gasteiger partial charge in [0, 0.05) is 22.4 Å². The van der Waals surface area contributed by atoms with Gasteiger partial charge in [-0.05, 0) is 24.6 Å². The van der Waals surface area contributed by atoms with Crippen LogP contribution in [0.15, 0.2) is 29.2 Å². The van der Waals surface area contributed by atoms with E-state index >= 15 is 0 Å². The lowest BCUT2D eigenvalue weighted by atomic mass is 10.3. The molecule has 0 fully saturated rings. The lowest BCUT2D eigenvalue weighted by molar-refractivity contribution is 0.254. The van der Waals surface area contributed by atoms with Crippen molar-refractivity contribution in [3.8, 4) is 0 Å². The number of hydrogen-bond donors (Lipinski definition) is 3. The first-order chi connectivity index (χ1) is 8.96. The van der Waals surface area contributed by atoms with E-state index in [0.717, 1.165) is 4.90 Å². The number of aliphatic hydroxyl groups is 1. The van der Waals surface area contributed by atoms with E-state index in [-0.39, 0.29) is 12.4 Å². The van der Waals surface area contributed by atoms with Crippen molar-refractivity contribution in [3.63, 3.8) is 0 Å². The van der Waals surface area contributed by atoms with Gasteiger partial charge in [-0.25, -0.2) is 13.1 Å². The Labute approximate surface area is 118 Å². The first-order valence-corrected chi connectivity index (χ1v) is 8.70. The van der Waals surface area contributed by atoms with Crippen LogP contribution in [-0.2, 0) is 10.0 Å². The fourth-order valence-electron chi connectivity index (χ4n) is 1.44. The summed E-state index contributed by atoms with van der Waals surface area (Å²) in [6.07, 6.45) is 0.568. The van der Waals surface area contributed by atoms with Crippen molar-refractivity contribution < 1.29 is 13.5 Å². The Morgan fingerprint density at radius 3 is 2.79 bits per heavy atom. The Kier molecular flexibility index (Phi) is 6.64. The summed E-state index contributed by atoms with van der Waals surface area (Å²) in [5.74, 6) is 0.462. The highest BCUT2D eigenvalue weighted by Crippen LogP contribution is 2.20. The first-order valence-electron chi connectivity index (χ1n) is 6.06. The molecular weight excluding hydrogens is 284 g/mol. The summed E-state index contributed by atoms with van der Waals surface area (Å²) in [4.78, 5) is 0.949. The van der Waals surface area contributed by atoms with E-state index in [1.54, 1.807) is 6.07 Å². The summed E-state index contributed by atoms with van der Waals surface area (Å²) < 4.78 is 26.0. The standard InChI is InChI=1S/C12H20N2O3S2/c1-2-11(9-15)14-19(16,17)7-6-18-12-5-3-4-10(13)8-12/h3-5,8,11,14-15H,2,6-7,9,13H2,1H3/t11-/m1/s1. The Morgan fingerprint density at radius 1 is 1.47 bits per heavy atom. The fourth-order valence-corrected chi connectivity index (χ4v) is 4.14.